The van der Waals surface area contributed by atoms with Gasteiger partial charge in [-0.2, -0.15) is 0 Å². The predicted octanol–water partition coefficient (Wildman–Crippen LogP) is 4.29. The molecule has 0 N–H and O–H groups in total. The number of benzene rings is 2. The second kappa shape index (κ2) is 4.89. The van der Waals surface area contributed by atoms with Gasteiger partial charge >= 0.3 is 0 Å². The third-order valence-corrected chi connectivity index (χ3v) is 3.45. The van der Waals surface area contributed by atoms with Crippen LogP contribution in [0.1, 0.15) is 30.9 Å². The lowest BCUT2D eigenvalue weighted by Crippen LogP contribution is -1.94. The first kappa shape index (κ1) is 12.7. The number of hydrogen-bond donors (Lipinski definition) is 0. The molecule has 2 aromatic rings. The van der Waals surface area contributed by atoms with Gasteiger partial charge in [0.15, 0.2) is 0 Å². The van der Waals surface area contributed by atoms with Gasteiger partial charge in [0.25, 0.3) is 0 Å². The number of rotatable bonds is 3. The van der Waals surface area contributed by atoms with Gasteiger partial charge in [0.05, 0.1) is 14.2 Å². The van der Waals surface area contributed by atoms with Gasteiger partial charge in [0.1, 0.15) is 11.5 Å². The van der Waals surface area contributed by atoms with Crippen LogP contribution in [0.5, 0.6) is 11.5 Å². The van der Waals surface area contributed by atoms with Crippen LogP contribution in [0, 0.1) is 6.92 Å². The highest BCUT2D eigenvalue weighted by atomic mass is 16.5. The van der Waals surface area contributed by atoms with Crippen LogP contribution in [0.15, 0.2) is 24.3 Å². The summed E-state index contributed by atoms with van der Waals surface area (Å²) in [6.07, 6.45) is 0. The maximum atomic E-state index is 5.51. The quantitative estimate of drug-likeness (QED) is 0.802. The highest BCUT2D eigenvalue weighted by Crippen LogP contribution is 2.35. The highest BCUT2D eigenvalue weighted by Gasteiger charge is 2.11. The van der Waals surface area contributed by atoms with Gasteiger partial charge in [-0.15, -0.1) is 0 Å². The van der Waals surface area contributed by atoms with Crippen molar-refractivity contribution in [2.75, 3.05) is 14.2 Å². The first-order chi connectivity index (χ1) is 8.58. The lowest BCUT2D eigenvalue weighted by atomic mass is 9.96. The zero-order valence-corrected chi connectivity index (χ0v) is 11.7. The molecule has 18 heavy (non-hydrogen) atoms. The maximum absolute atomic E-state index is 5.51. The van der Waals surface area contributed by atoms with Crippen molar-refractivity contribution in [3.8, 4) is 11.5 Å². The molecule has 0 fully saturated rings. The van der Waals surface area contributed by atoms with E-state index in [-0.39, 0.29) is 0 Å². The van der Waals surface area contributed by atoms with E-state index < -0.39 is 0 Å². The van der Waals surface area contributed by atoms with Crippen molar-refractivity contribution in [2.45, 2.75) is 26.7 Å². The average molecular weight is 244 g/mol. The van der Waals surface area contributed by atoms with Gasteiger partial charge in [-0.25, -0.2) is 0 Å². The van der Waals surface area contributed by atoms with Gasteiger partial charge < -0.3 is 9.47 Å². The summed E-state index contributed by atoms with van der Waals surface area (Å²) < 4.78 is 10.9. The minimum atomic E-state index is 0.480. The van der Waals surface area contributed by atoms with Crippen LogP contribution in [-0.4, -0.2) is 14.2 Å². The Morgan fingerprint density at radius 1 is 0.889 bits per heavy atom. The highest BCUT2D eigenvalue weighted by molar-refractivity contribution is 5.93. The van der Waals surface area contributed by atoms with Crippen molar-refractivity contribution in [3.05, 3.63) is 35.4 Å². The zero-order chi connectivity index (χ0) is 13.3. The minimum absolute atomic E-state index is 0.480. The Balaban J connectivity index is 2.80. The van der Waals surface area contributed by atoms with E-state index in [1.165, 1.54) is 10.9 Å². The first-order valence-corrected chi connectivity index (χ1v) is 6.23. The monoisotopic (exact) mass is 244 g/mol. The normalized spacial score (nSPS) is 11.0. The Kier molecular flexibility index (Phi) is 3.46. The third kappa shape index (κ3) is 2.03. The Hall–Kier alpha value is -1.70. The van der Waals surface area contributed by atoms with Gasteiger partial charge in [0.2, 0.25) is 0 Å². The maximum Gasteiger partial charge on any atom is 0.126 e. The molecule has 0 saturated heterocycles. The van der Waals surface area contributed by atoms with Crippen LogP contribution in [0.2, 0.25) is 0 Å². The number of methoxy groups -OCH3 is 2. The van der Waals surface area contributed by atoms with E-state index in [0.717, 1.165) is 22.4 Å². The average Bonchev–Trinajstić information content (AvgIpc) is 2.38. The van der Waals surface area contributed by atoms with E-state index in [4.69, 9.17) is 9.47 Å². The second-order valence-electron chi connectivity index (χ2n) is 4.87. The molecular weight excluding hydrogens is 224 g/mol. The van der Waals surface area contributed by atoms with Crippen molar-refractivity contribution in [3.63, 3.8) is 0 Å². The van der Waals surface area contributed by atoms with Crippen LogP contribution in [0.25, 0.3) is 10.8 Å². The summed E-state index contributed by atoms with van der Waals surface area (Å²) in [5.41, 5.74) is 2.45. The molecule has 0 aliphatic carbocycles. The van der Waals surface area contributed by atoms with E-state index in [2.05, 4.69) is 39.0 Å². The second-order valence-corrected chi connectivity index (χ2v) is 4.87. The smallest absolute Gasteiger partial charge is 0.126 e. The largest absolute Gasteiger partial charge is 0.496 e. The van der Waals surface area contributed by atoms with E-state index in [1.54, 1.807) is 14.2 Å². The van der Waals surface area contributed by atoms with Crippen molar-refractivity contribution in [1.82, 2.24) is 0 Å². The molecule has 2 nitrogen and oxygen atoms in total. The molecule has 0 aromatic heterocycles. The summed E-state index contributed by atoms with van der Waals surface area (Å²) in [6.45, 7) is 6.47. The lowest BCUT2D eigenvalue weighted by Gasteiger charge is -2.15. The van der Waals surface area contributed by atoms with Crippen LogP contribution >= 0.6 is 0 Å². The number of fused-ring (bicyclic) bond motifs is 1. The summed E-state index contributed by atoms with van der Waals surface area (Å²) in [6, 6.07) is 8.42. The first-order valence-electron chi connectivity index (χ1n) is 6.23. The Morgan fingerprint density at radius 3 is 2.11 bits per heavy atom. The van der Waals surface area contributed by atoms with Crippen LogP contribution < -0.4 is 9.47 Å². The summed E-state index contributed by atoms with van der Waals surface area (Å²) in [5, 5.41) is 2.35. The molecule has 2 aromatic carbocycles. The summed E-state index contributed by atoms with van der Waals surface area (Å²) in [4.78, 5) is 0. The van der Waals surface area contributed by atoms with E-state index in [0.29, 0.717) is 5.92 Å². The molecular formula is C16H20O2. The van der Waals surface area contributed by atoms with E-state index in [1.807, 2.05) is 6.07 Å². The molecule has 96 valence electrons. The van der Waals surface area contributed by atoms with Crippen LogP contribution in [0.3, 0.4) is 0 Å². The molecule has 2 rings (SSSR count). The van der Waals surface area contributed by atoms with E-state index in [9.17, 15) is 0 Å². The Labute approximate surface area is 109 Å². The van der Waals surface area contributed by atoms with Crippen molar-refractivity contribution in [1.29, 1.82) is 0 Å². The molecule has 2 heteroatoms. The number of aryl methyl sites for hydroxylation is 1. The van der Waals surface area contributed by atoms with Crippen LogP contribution in [-0.2, 0) is 0 Å². The van der Waals surface area contributed by atoms with Crippen LogP contribution in [0.4, 0.5) is 0 Å². The molecule has 0 spiro atoms. The van der Waals surface area contributed by atoms with Gasteiger partial charge in [-0.3, -0.25) is 0 Å². The van der Waals surface area contributed by atoms with Gasteiger partial charge in [-0.05, 0) is 47.6 Å². The molecule has 0 saturated carbocycles. The SMILES string of the molecule is COc1ccc2c(OC)cc(C(C)C)cc2c1C. The standard InChI is InChI=1S/C16H20O2/c1-10(2)12-8-14-11(3)15(17-4)7-6-13(14)16(9-12)18-5/h6-10H,1-5H3. The van der Waals surface area contributed by atoms with E-state index >= 15 is 0 Å². The topological polar surface area (TPSA) is 18.5 Å². The summed E-state index contributed by atoms with van der Waals surface area (Å²) in [7, 11) is 3.43. The number of ether oxygens (including phenoxy) is 2. The van der Waals surface area contributed by atoms with Gasteiger partial charge in [-0.1, -0.05) is 19.9 Å². The fourth-order valence-corrected chi connectivity index (χ4v) is 2.27. The molecule has 0 aliphatic heterocycles. The molecule has 0 heterocycles. The lowest BCUT2D eigenvalue weighted by molar-refractivity contribution is 0.411. The number of hydrogen-bond acceptors (Lipinski definition) is 2. The van der Waals surface area contributed by atoms with Crippen molar-refractivity contribution < 1.29 is 9.47 Å². The Bertz CT molecular complexity index is 571. The summed E-state index contributed by atoms with van der Waals surface area (Å²) in [5.74, 6) is 2.33. The molecule has 0 radical (unpaired) electrons. The summed E-state index contributed by atoms with van der Waals surface area (Å²) >= 11 is 0. The van der Waals surface area contributed by atoms with Crippen molar-refractivity contribution in [2.24, 2.45) is 0 Å². The zero-order valence-electron chi connectivity index (χ0n) is 11.7. The molecule has 0 atom stereocenters. The molecule has 0 unspecified atom stereocenters. The van der Waals surface area contributed by atoms with Gasteiger partial charge in [0, 0.05) is 5.39 Å². The molecule has 0 bridgehead atoms. The Morgan fingerprint density at radius 2 is 1.56 bits per heavy atom. The van der Waals surface area contributed by atoms with Crippen molar-refractivity contribution >= 4 is 10.8 Å². The third-order valence-electron chi connectivity index (χ3n) is 3.45. The fraction of sp³-hybridized carbons (Fsp3) is 0.375. The fourth-order valence-electron chi connectivity index (χ4n) is 2.27. The minimum Gasteiger partial charge on any atom is -0.496 e. The molecule has 0 amide bonds. The predicted molar refractivity (Wildman–Crippen MR) is 75.9 cm³/mol. The molecule has 0 aliphatic rings.